The first-order valence-electron chi connectivity index (χ1n) is 6.63. The maximum absolute atomic E-state index is 12.3. The average Bonchev–Trinajstić information content (AvgIpc) is 2.45. The lowest BCUT2D eigenvalue weighted by Crippen LogP contribution is -2.46. The monoisotopic (exact) mass is 352 g/mol. The number of halogens is 1. The number of rotatable bonds is 3. The van der Waals surface area contributed by atoms with Crippen molar-refractivity contribution in [1.29, 1.82) is 0 Å². The molecule has 1 atom stereocenters. The number of urea groups is 1. The molecular formula is C15H17BrN2O3. The second kappa shape index (κ2) is 6.30. The number of nitrogens with one attached hydrogen (secondary N) is 1. The van der Waals surface area contributed by atoms with E-state index in [-0.39, 0.29) is 12.6 Å². The molecule has 1 aromatic carbocycles. The number of amides is 2. The van der Waals surface area contributed by atoms with E-state index in [9.17, 15) is 9.59 Å². The van der Waals surface area contributed by atoms with Gasteiger partial charge in [0.15, 0.2) is 0 Å². The van der Waals surface area contributed by atoms with Gasteiger partial charge in [-0.2, -0.15) is 0 Å². The molecule has 0 unspecified atom stereocenters. The van der Waals surface area contributed by atoms with Crippen molar-refractivity contribution in [2.24, 2.45) is 0 Å². The number of carbonyl (C=O) groups is 2. The molecule has 6 heteroatoms. The van der Waals surface area contributed by atoms with Crippen LogP contribution in [0.3, 0.4) is 0 Å². The summed E-state index contributed by atoms with van der Waals surface area (Å²) in [5.74, 6) is -0.414. The average molecular weight is 353 g/mol. The van der Waals surface area contributed by atoms with Gasteiger partial charge >= 0.3 is 12.0 Å². The van der Waals surface area contributed by atoms with Crippen LogP contribution in [0, 0.1) is 0 Å². The summed E-state index contributed by atoms with van der Waals surface area (Å²) >= 11 is 3.46. The van der Waals surface area contributed by atoms with Gasteiger partial charge in [0.1, 0.15) is 0 Å². The molecule has 0 saturated carbocycles. The summed E-state index contributed by atoms with van der Waals surface area (Å²) in [4.78, 5) is 25.7. The molecule has 1 aliphatic heterocycles. The Kier molecular flexibility index (Phi) is 4.67. The Morgan fingerprint density at radius 2 is 2.10 bits per heavy atom. The highest BCUT2D eigenvalue weighted by Crippen LogP contribution is 2.34. The fraction of sp³-hybridized carbons (Fsp3) is 0.333. The molecule has 1 aromatic rings. The van der Waals surface area contributed by atoms with Gasteiger partial charge in [-0.1, -0.05) is 34.1 Å². The zero-order valence-electron chi connectivity index (χ0n) is 12.1. The number of esters is 1. The highest BCUT2D eigenvalue weighted by molar-refractivity contribution is 9.10. The number of hydrogen-bond acceptors (Lipinski definition) is 3. The lowest BCUT2D eigenvalue weighted by atomic mass is 9.95. The zero-order valence-corrected chi connectivity index (χ0v) is 13.7. The van der Waals surface area contributed by atoms with Crippen LogP contribution < -0.4 is 5.32 Å². The highest BCUT2D eigenvalue weighted by atomic mass is 79.9. The van der Waals surface area contributed by atoms with Gasteiger partial charge < -0.3 is 15.0 Å². The fourth-order valence-electron chi connectivity index (χ4n) is 2.25. The summed E-state index contributed by atoms with van der Waals surface area (Å²) in [5, 5.41) is 2.84. The molecule has 0 radical (unpaired) electrons. The smallest absolute Gasteiger partial charge is 0.338 e. The van der Waals surface area contributed by atoms with Crippen LogP contribution in [0.4, 0.5) is 4.79 Å². The molecule has 1 heterocycles. The number of ether oxygens (including phenoxy) is 1. The third kappa shape index (κ3) is 2.95. The Labute approximate surface area is 132 Å². The van der Waals surface area contributed by atoms with Gasteiger partial charge in [-0.05, 0) is 25.5 Å². The fourth-order valence-corrected chi connectivity index (χ4v) is 2.76. The predicted octanol–water partition coefficient (Wildman–Crippen LogP) is 2.98. The number of carbonyl (C=O) groups excluding carboxylic acids is 2. The lowest BCUT2D eigenvalue weighted by molar-refractivity contribution is -0.139. The van der Waals surface area contributed by atoms with Crippen molar-refractivity contribution in [3.63, 3.8) is 0 Å². The number of nitrogens with zero attached hydrogens (tertiary/aromatic N) is 1. The molecule has 0 spiro atoms. The van der Waals surface area contributed by atoms with Gasteiger partial charge in [0.2, 0.25) is 0 Å². The van der Waals surface area contributed by atoms with Crippen LogP contribution in [0.2, 0.25) is 0 Å². The molecule has 0 aliphatic carbocycles. The molecule has 0 fully saturated rings. The third-order valence-corrected chi connectivity index (χ3v) is 4.19. The summed E-state index contributed by atoms with van der Waals surface area (Å²) in [7, 11) is 1.63. The number of hydrogen-bond donors (Lipinski definition) is 1. The van der Waals surface area contributed by atoms with Gasteiger partial charge in [-0.15, -0.1) is 0 Å². The van der Waals surface area contributed by atoms with Crippen LogP contribution in [0.25, 0.3) is 0 Å². The van der Waals surface area contributed by atoms with Crippen molar-refractivity contribution in [1.82, 2.24) is 10.2 Å². The van der Waals surface area contributed by atoms with Crippen LogP contribution in [0.5, 0.6) is 0 Å². The van der Waals surface area contributed by atoms with Gasteiger partial charge in [0.25, 0.3) is 0 Å². The summed E-state index contributed by atoms with van der Waals surface area (Å²) in [6.07, 6.45) is 0. The normalized spacial score (nSPS) is 18.6. The summed E-state index contributed by atoms with van der Waals surface area (Å²) in [6, 6.07) is 6.71. The molecule has 0 bridgehead atoms. The Balaban J connectivity index is 2.54. The maximum atomic E-state index is 12.3. The second-order valence-corrected chi connectivity index (χ2v) is 5.54. The van der Waals surface area contributed by atoms with Crippen molar-refractivity contribution in [3.05, 3.63) is 45.6 Å². The Bertz CT molecular complexity index is 613. The largest absolute Gasteiger partial charge is 0.463 e. The van der Waals surface area contributed by atoms with Crippen molar-refractivity contribution in [2.75, 3.05) is 13.7 Å². The number of allylic oxidation sites excluding steroid dienone is 1. The second-order valence-electron chi connectivity index (χ2n) is 4.68. The molecule has 2 amide bonds. The molecular weight excluding hydrogens is 336 g/mol. The summed E-state index contributed by atoms with van der Waals surface area (Å²) < 4.78 is 5.97. The minimum atomic E-state index is -0.525. The first-order valence-corrected chi connectivity index (χ1v) is 7.43. The van der Waals surface area contributed by atoms with Gasteiger partial charge in [-0.25, -0.2) is 9.59 Å². The van der Waals surface area contributed by atoms with Crippen LogP contribution in [-0.2, 0) is 9.53 Å². The molecule has 2 rings (SSSR count). The van der Waals surface area contributed by atoms with Crippen molar-refractivity contribution in [2.45, 2.75) is 19.9 Å². The van der Waals surface area contributed by atoms with Crippen LogP contribution in [-0.4, -0.2) is 30.6 Å². The minimum Gasteiger partial charge on any atom is -0.463 e. The predicted molar refractivity (Wildman–Crippen MR) is 82.5 cm³/mol. The lowest BCUT2D eigenvalue weighted by Gasteiger charge is -2.33. The van der Waals surface area contributed by atoms with E-state index in [2.05, 4.69) is 21.2 Å². The van der Waals surface area contributed by atoms with E-state index in [0.29, 0.717) is 11.3 Å². The van der Waals surface area contributed by atoms with Crippen LogP contribution in [0.15, 0.2) is 40.0 Å². The van der Waals surface area contributed by atoms with E-state index >= 15 is 0 Å². The van der Waals surface area contributed by atoms with E-state index in [1.807, 2.05) is 24.3 Å². The quantitative estimate of drug-likeness (QED) is 0.850. The van der Waals surface area contributed by atoms with Gasteiger partial charge in [0, 0.05) is 17.2 Å². The Hall–Kier alpha value is -1.82. The molecule has 0 saturated heterocycles. The van der Waals surface area contributed by atoms with E-state index < -0.39 is 12.0 Å². The molecule has 1 aliphatic rings. The minimum absolute atomic E-state index is 0.249. The van der Waals surface area contributed by atoms with Crippen LogP contribution >= 0.6 is 15.9 Å². The SMILES string of the molecule is CCOC(=O)C1=C(C)N(C)C(=O)N[C@H]1c1ccccc1Br. The Morgan fingerprint density at radius 3 is 2.71 bits per heavy atom. The van der Waals surface area contributed by atoms with Gasteiger partial charge in [0.05, 0.1) is 18.2 Å². The van der Waals surface area contributed by atoms with E-state index in [1.165, 1.54) is 4.90 Å². The van der Waals surface area contributed by atoms with Crippen LogP contribution in [0.1, 0.15) is 25.5 Å². The summed E-state index contributed by atoms with van der Waals surface area (Å²) in [5.41, 5.74) is 1.87. The molecule has 5 nitrogen and oxygen atoms in total. The molecule has 112 valence electrons. The zero-order chi connectivity index (χ0) is 15.6. The third-order valence-electron chi connectivity index (χ3n) is 3.47. The molecule has 0 aromatic heterocycles. The van der Waals surface area contributed by atoms with E-state index in [4.69, 9.17) is 4.74 Å². The van der Waals surface area contributed by atoms with Gasteiger partial charge in [-0.3, -0.25) is 0 Å². The molecule has 1 N–H and O–H groups in total. The first kappa shape index (κ1) is 15.6. The molecule has 21 heavy (non-hydrogen) atoms. The standard InChI is InChI=1S/C15H17BrN2O3/c1-4-21-14(19)12-9(2)18(3)15(20)17-13(12)10-7-5-6-8-11(10)16/h5-8,13H,4H2,1-3H3,(H,17,20)/t13-/m0/s1. The van der Waals surface area contributed by atoms with E-state index in [1.54, 1.807) is 20.9 Å². The highest BCUT2D eigenvalue weighted by Gasteiger charge is 2.35. The van der Waals surface area contributed by atoms with E-state index in [0.717, 1.165) is 10.0 Å². The Morgan fingerprint density at radius 1 is 1.43 bits per heavy atom. The van der Waals surface area contributed by atoms with Crippen molar-refractivity contribution >= 4 is 27.9 Å². The van der Waals surface area contributed by atoms with Crippen molar-refractivity contribution < 1.29 is 14.3 Å². The maximum Gasteiger partial charge on any atom is 0.338 e. The number of benzene rings is 1. The summed E-state index contributed by atoms with van der Waals surface area (Å²) in [6.45, 7) is 3.79. The first-order chi connectivity index (χ1) is 9.97. The van der Waals surface area contributed by atoms with Crippen molar-refractivity contribution in [3.8, 4) is 0 Å². The topological polar surface area (TPSA) is 58.6 Å².